The summed E-state index contributed by atoms with van der Waals surface area (Å²) in [6.07, 6.45) is 0.619. The van der Waals surface area contributed by atoms with Crippen LogP contribution in [0.15, 0.2) is 47.6 Å². The Balaban J connectivity index is 1.76. The van der Waals surface area contributed by atoms with E-state index in [-0.39, 0.29) is 5.97 Å². The Morgan fingerprint density at radius 2 is 1.96 bits per heavy atom. The van der Waals surface area contributed by atoms with Gasteiger partial charge in [-0.2, -0.15) is 5.10 Å². The number of hydrogen-bond donors (Lipinski definition) is 0. The summed E-state index contributed by atoms with van der Waals surface area (Å²) < 4.78 is 6.75. The highest BCUT2D eigenvalue weighted by Gasteiger charge is 2.39. The van der Waals surface area contributed by atoms with Gasteiger partial charge in [0.05, 0.1) is 29.8 Å². The van der Waals surface area contributed by atoms with E-state index in [0.29, 0.717) is 12.0 Å². The van der Waals surface area contributed by atoms with Crippen molar-refractivity contribution in [3.8, 4) is 0 Å². The molecule has 0 radical (unpaired) electrons. The third-order valence-electron chi connectivity index (χ3n) is 5.05. The summed E-state index contributed by atoms with van der Waals surface area (Å²) in [6.45, 7) is 3.98. The van der Waals surface area contributed by atoms with Crippen molar-refractivity contribution in [1.82, 2.24) is 9.78 Å². The molecular formula is C21H21N3O3. The maximum atomic E-state index is 12.1. The molecule has 6 nitrogen and oxygen atoms in total. The molecule has 0 bridgehead atoms. The van der Waals surface area contributed by atoms with Crippen molar-refractivity contribution in [3.63, 3.8) is 0 Å². The van der Waals surface area contributed by atoms with Gasteiger partial charge in [0.25, 0.3) is 0 Å². The van der Waals surface area contributed by atoms with E-state index in [9.17, 15) is 4.79 Å². The van der Waals surface area contributed by atoms with Crippen LogP contribution in [0.25, 0.3) is 10.8 Å². The fraction of sp³-hybridized carbons (Fsp3) is 0.286. The standard InChI is InChI=1S/C21H21N3O3/c1-13-11-19(24(3)22-13)21(2)12-18(23-27-21)16-9-10-17(20(25)26-4)15-8-6-5-7-14(15)16/h5-11H,12H2,1-4H3. The first kappa shape index (κ1) is 17.3. The molecule has 138 valence electrons. The van der Waals surface area contributed by atoms with Crippen LogP contribution in [0.1, 0.15) is 40.7 Å². The zero-order valence-electron chi connectivity index (χ0n) is 15.8. The molecule has 27 heavy (non-hydrogen) atoms. The van der Waals surface area contributed by atoms with Crippen LogP contribution in [0.3, 0.4) is 0 Å². The molecule has 1 unspecified atom stereocenters. The molecule has 2 heterocycles. The summed E-state index contributed by atoms with van der Waals surface area (Å²) in [7, 11) is 3.30. The number of aryl methyl sites for hydroxylation is 2. The van der Waals surface area contributed by atoms with Crippen LogP contribution in [0, 0.1) is 6.92 Å². The second-order valence-electron chi connectivity index (χ2n) is 7.03. The van der Waals surface area contributed by atoms with Crippen LogP contribution >= 0.6 is 0 Å². The number of aromatic nitrogens is 2. The Morgan fingerprint density at radius 3 is 2.63 bits per heavy atom. The monoisotopic (exact) mass is 363 g/mol. The van der Waals surface area contributed by atoms with Gasteiger partial charge in [-0.05, 0) is 36.8 Å². The van der Waals surface area contributed by atoms with Crippen LogP contribution < -0.4 is 0 Å². The minimum atomic E-state index is -0.576. The number of ether oxygens (including phenoxy) is 1. The van der Waals surface area contributed by atoms with Gasteiger partial charge in [0.1, 0.15) is 0 Å². The smallest absolute Gasteiger partial charge is 0.338 e. The van der Waals surface area contributed by atoms with Crippen molar-refractivity contribution in [3.05, 3.63) is 65.0 Å². The van der Waals surface area contributed by atoms with Crippen LogP contribution in [-0.2, 0) is 22.2 Å². The molecule has 6 heteroatoms. The van der Waals surface area contributed by atoms with Gasteiger partial charge in [0.15, 0.2) is 5.60 Å². The van der Waals surface area contributed by atoms with Crippen molar-refractivity contribution in [1.29, 1.82) is 0 Å². The molecular weight excluding hydrogens is 342 g/mol. The molecule has 1 aromatic heterocycles. The SMILES string of the molecule is COC(=O)c1ccc(C2=NOC(C)(c3cc(C)nn3C)C2)c2ccccc12. The molecule has 0 saturated heterocycles. The summed E-state index contributed by atoms with van der Waals surface area (Å²) >= 11 is 0. The first-order valence-electron chi connectivity index (χ1n) is 8.79. The number of methoxy groups -OCH3 is 1. The zero-order chi connectivity index (χ0) is 19.2. The normalized spacial score (nSPS) is 19.0. The average molecular weight is 363 g/mol. The Bertz CT molecular complexity index is 1080. The molecule has 0 fully saturated rings. The lowest BCUT2D eigenvalue weighted by atomic mass is 9.89. The number of carbonyl (C=O) groups excluding carboxylic acids is 1. The molecule has 0 N–H and O–H groups in total. The van der Waals surface area contributed by atoms with Gasteiger partial charge in [-0.1, -0.05) is 35.5 Å². The maximum absolute atomic E-state index is 12.1. The van der Waals surface area contributed by atoms with Gasteiger partial charge >= 0.3 is 5.97 Å². The van der Waals surface area contributed by atoms with Gasteiger partial charge in [0, 0.05) is 19.0 Å². The predicted molar refractivity (Wildman–Crippen MR) is 103 cm³/mol. The van der Waals surface area contributed by atoms with E-state index < -0.39 is 5.60 Å². The maximum Gasteiger partial charge on any atom is 0.338 e. The van der Waals surface area contributed by atoms with Gasteiger partial charge < -0.3 is 9.57 Å². The third kappa shape index (κ3) is 2.77. The van der Waals surface area contributed by atoms with Crippen LogP contribution in [0.4, 0.5) is 0 Å². The van der Waals surface area contributed by atoms with E-state index in [4.69, 9.17) is 9.57 Å². The fourth-order valence-corrected chi connectivity index (χ4v) is 3.77. The number of nitrogens with zero attached hydrogens (tertiary/aromatic N) is 3. The van der Waals surface area contributed by atoms with E-state index in [1.807, 2.05) is 62.0 Å². The molecule has 0 spiro atoms. The van der Waals surface area contributed by atoms with Gasteiger partial charge in [-0.25, -0.2) is 4.79 Å². The lowest BCUT2D eigenvalue weighted by molar-refractivity contribution is -0.0135. The van der Waals surface area contributed by atoms with Crippen LogP contribution in [0.5, 0.6) is 0 Å². The summed E-state index contributed by atoms with van der Waals surface area (Å²) in [6, 6.07) is 13.5. The number of oxime groups is 1. The van der Waals surface area contributed by atoms with E-state index in [1.165, 1.54) is 7.11 Å². The minimum absolute atomic E-state index is 0.349. The largest absolute Gasteiger partial charge is 0.465 e. The van der Waals surface area contributed by atoms with Crippen molar-refractivity contribution >= 4 is 22.5 Å². The Hall–Kier alpha value is -3.15. The predicted octanol–water partition coefficient (Wildman–Crippen LogP) is 3.71. The first-order valence-corrected chi connectivity index (χ1v) is 8.79. The van der Waals surface area contributed by atoms with E-state index in [0.717, 1.165) is 33.4 Å². The number of rotatable bonds is 3. The minimum Gasteiger partial charge on any atom is -0.465 e. The zero-order valence-corrected chi connectivity index (χ0v) is 15.8. The van der Waals surface area contributed by atoms with Gasteiger partial charge in [0.2, 0.25) is 0 Å². The van der Waals surface area contributed by atoms with Crippen LogP contribution in [0.2, 0.25) is 0 Å². The van der Waals surface area contributed by atoms with Gasteiger partial charge in [-0.3, -0.25) is 4.68 Å². The summed E-state index contributed by atoms with van der Waals surface area (Å²) in [5.41, 5.74) is 3.70. The lowest BCUT2D eigenvalue weighted by Gasteiger charge is -2.21. The van der Waals surface area contributed by atoms with Crippen molar-refractivity contribution < 1.29 is 14.4 Å². The Morgan fingerprint density at radius 1 is 1.22 bits per heavy atom. The molecule has 0 amide bonds. The van der Waals surface area contributed by atoms with E-state index >= 15 is 0 Å². The number of carbonyl (C=O) groups is 1. The van der Waals surface area contributed by atoms with Crippen molar-refractivity contribution in [2.24, 2.45) is 12.2 Å². The summed E-state index contributed by atoms with van der Waals surface area (Å²) in [5, 5.41) is 10.6. The lowest BCUT2D eigenvalue weighted by Crippen LogP contribution is -2.25. The summed E-state index contributed by atoms with van der Waals surface area (Å²) in [5.74, 6) is -0.349. The molecule has 1 atom stereocenters. The molecule has 4 rings (SSSR count). The Labute approximate surface area is 157 Å². The van der Waals surface area contributed by atoms with Gasteiger partial charge in [-0.15, -0.1) is 0 Å². The highest BCUT2D eigenvalue weighted by Crippen LogP contribution is 2.37. The van der Waals surface area contributed by atoms with Crippen molar-refractivity contribution in [2.45, 2.75) is 25.9 Å². The first-order chi connectivity index (χ1) is 12.9. The highest BCUT2D eigenvalue weighted by atomic mass is 16.7. The quantitative estimate of drug-likeness (QED) is 0.666. The molecule has 1 aliphatic heterocycles. The topological polar surface area (TPSA) is 65.7 Å². The second kappa shape index (κ2) is 6.23. The number of fused-ring (bicyclic) bond motifs is 1. The molecule has 0 aliphatic carbocycles. The van der Waals surface area contributed by atoms with Crippen LogP contribution in [-0.4, -0.2) is 28.6 Å². The number of benzene rings is 2. The number of esters is 1. The Kier molecular flexibility index (Phi) is 3.98. The average Bonchev–Trinajstić information content (AvgIpc) is 3.23. The third-order valence-corrected chi connectivity index (χ3v) is 5.05. The number of hydrogen-bond acceptors (Lipinski definition) is 5. The molecule has 1 aliphatic rings. The van der Waals surface area contributed by atoms with E-state index in [2.05, 4.69) is 10.3 Å². The fourth-order valence-electron chi connectivity index (χ4n) is 3.77. The molecule has 0 saturated carbocycles. The second-order valence-corrected chi connectivity index (χ2v) is 7.03. The van der Waals surface area contributed by atoms with Crippen molar-refractivity contribution in [2.75, 3.05) is 7.11 Å². The van der Waals surface area contributed by atoms with E-state index in [1.54, 1.807) is 6.07 Å². The summed E-state index contributed by atoms with van der Waals surface area (Å²) in [4.78, 5) is 18.0. The molecule has 2 aromatic carbocycles. The highest BCUT2D eigenvalue weighted by molar-refractivity contribution is 6.15. The molecule has 3 aromatic rings.